The van der Waals surface area contributed by atoms with E-state index in [9.17, 15) is 0 Å². The molecule has 0 saturated heterocycles. The fourth-order valence-electron chi connectivity index (χ4n) is 1.90. The maximum Gasteiger partial charge on any atom is 0.226 e. The molecule has 2 aromatic heterocycles. The lowest BCUT2D eigenvalue weighted by atomic mass is 10.3. The Bertz CT molecular complexity index is 565. The number of hydrogen-bond donors (Lipinski definition) is 1. The van der Waals surface area contributed by atoms with E-state index in [1.165, 1.54) is 24.6 Å². The van der Waals surface area contributed by atoms with Crippen LogP contribution in [0.15, 0.2) is 9.68 Å². The van der Waals surface area contributed by atoms with Crippen molar-refractivity contribution in [1.29, 1.82) is 0 Å². The monoisotopic (exact) mass is 309 g/mol. The van der Waals surface area contributed by atoms with Gasteiger partial charge in [-0.3, -0.25) is 0 Å². The first-order chi connectivity index (χ1) is 10.3. The van der Waals surface area contributed by atoms with E-state index < -0.39 is 0 Å². The van der Waals surface area contributed by atoms with E-state index >= 15 is 0 Å². The minimum Gasteiger partial charge on any atom is -0.339 e. The van der Waals surface area contributed by atoms with Crippen molar-refractivity contribution >= 4 is 11.8 Å². The lowest BCUT2D eigenvalue weighted by Gasteiger charge is -2.04. The first kappa shape index (κ1) is 14.5. The number of aromatic nitrogens is 6. The third-order valence-corrected chi connectivity index (χ3v) is 4.09. The molecule has 8 nitrogen and oxygen atoms in total. The van der Waals surface area contributed by atoms with E-state index in [0.29, 0.717) is 23.5 Å². The van der Waals surface area contributed by atoms with E-state index in [0.717, 1.165) is 31.1 Å². The number of nitrogens with one attached hydrogen (secondary N) is 1. The summed E-state index contributed by atoms with van der Waals surface area (Å²) in [7, 11) is 0. The number of aryl methyl sites for hydroxylation is 1. The molecule has 1 aliphatic rings. The fraction of sp³-hybridized carbons (Fsp3) is 0.750. The maximum atomic E-state index is 5.16. The zero-order valence-corrected chi connectivity index (χ0v) is 12.8. The van der Waals surface area contributed by atoms with E-state index in [-0.39, 0.29) is 0 Å². The standard InChI is InChI=1S/C12H19N7OS/c1-2-3-11-14-10(16-20-11)8-21-12-15-17-18-19(12)7-6-13-9-4-5-9/h9,13H,2-8H2,1H3. The fourth-order valence-corrected chi connectivity index (χ4v) is 2.64. The minimum atomic E-state index is 0.615. The van der Waals surface area contributed by atoms with Crippen LogP contribution in [0.3, 0.4) is 0 Å². The normalized spacial score (nSPS) is 14.7. The first-order valence-corrected chi connectivity index (χ1v) is 8.27. The Hall–Kier alpha value is -1.48. The summed E-state index contributed by atoms with van der Waals surface area (Å²) in [5.41, 5.74) is 0. The molecular weight excluding hydrogens is 290 g/mol. The van der Waals surface area contributed by atoms with Gasteiger partial charge in [0.1, 0.15) is 0 Å². The van der Waals surface area contributed by atoms with Crippen LogP contribution >= 0.6 is 11.8 Å². The van der Waals surface area contributed by atoms with Gasteiger partial charge in [-0.25, -0.2) is 4.68 Å². The SMILES string of the molecule is CCCc1nc(CSc2nnnn2CCNC2CC2)no1. The average molecular weight is 309 g/mol. The van der Waals surface area contributed by atoms with Crippen LogP contribution in [0.25, 0.3) is 0 Å². The molecule has 21 heavy (non-hydrogen) atoms. The average Bonchev–Trinajstić information content (AvgIpc) is 3.01. The van der Waals surface area contributed by atoms with Crippen molar-refractivity contribution in [2.75, 3.05) is 6.54 Å². The molecule has 1 fully saturated rings. The zero-order chi connectivity index (χ0) is 14.5. The van der Waals surface area contributed by atoms with Crippen molar-refractivity contribution in [3.8, 4) is 0 Å². The summed E-state index contributed by atoms with van der Waals surface area (Å²) in [6.07, 6.45) is 4.40. The van der Waals surface area contributed by atoms with Gasteiger partial charge in [-0.2, -0.15) is 4.98 Å². The molecule has 3 rings (SSSR count). The smallest absolute Gasteiger partial charge is 0.226 e. The summed E-state index contributed by atoms with van der Waals surface area (Å²) >= 11 is 1.53. The van der Waals surface area contributed by atoms with Crippen molar-refractivity contribution in [1.82, 2.24) is 35.7 Å². The van der Waals surface area contributed by atoms with Crippen LogP contribution in [0.1, 0.15) is 37.9 Å². The largest absolute Gasteiger partial charge is 0.339 e. The quantitative estimate of drug-likeness (QED) is 0.687. The topological polar surface area (TPSA) is 94.5 Å². The summed E-state index contributed by atoms with van der Waals surface area (Å²) in [4.78, 5) is 4.33. The lowest BCUT2D eigenvalue weighted by molar-refractivity contribution is 0.373. The molecule has 0 bridgehead atoms. The van der Waals surface area contributed by atoms with E-state index in [2.05, 4.69) is 37.9 Å². The van der Waals surface area contributed by atoms with E-state index in [1.54, 1.807) is 0 Å². The van der Waals surface area contributed by atoms with Crippen LogP contribution < -0.4 is 5.32 Å². The third-order valence-electron chi connectivity index (χ3n) is 3.14. The van der Waals surface area contributed by atoms with Crippen LogP contribution in [0.5, 0.6) is 0 Å². The molecule has 0 unspecified atom stereocenters. The number of rotatable bonds is 9. The van der Waals surface area contributed by atoms with Gasteiger partial charge in [-0.1, -0.05) is 23.8 Å². The van der Waals surface area contributed by atoms with Crippen molar-refractivity contribution in [2.45, 2.75) is 56.1 Å². The van der Waals surface area contributed by atoms with Crippen LogP contribution in [-0.4, -0.2) is 42.9 Å². The number of thioether (sulfide) groups is 1. The highest BCUT2D eigenvalue weighted by Gasteiger charge is 2.20. The summed E-state index contributed by atoms with van der Waals surface area (Å²) in [5, 5.41) is 20.0. The molecule has 0 radical (unpaired) electrons. The zero-order valence-electron chi connectivity index (χ0n) is 12.0. The van der Waals surface area contributed by atoms with Crippen molar-refractivity contribution in [3.63, 3.8) is 0 Å². The van der Waals surface area contributed by atoms with Crippen LogP contribution in [0.2, 0.25) is 0 Å². The number of nitrogens with zero attached hydrogens (tertiary/aromatic N) is 6. The molecule has 114 valence electrons. The summed E-state index contributed by atoms with van der Waals surface area (Å²) in [6, 6.07) is 0.703. The Balaban J connectivity index is 1.48. The van der Waals surface area contributed by atoms with Crippen LogP contribution in [-0.2, 0) is 18.7 Å². The molecule has 9 heteroatoms. The highest BCUT2D eigenvalue weighted by atomic mass is 32.2. The first-order valence-electron chi connectivity index (χ1n) is 7.29. The van der Waals surface area contributed by atoms with Gasteiger partial charge in [0.15, 0.2) is 5.82 Å². The summed E-state index contributed by atoms with van der Waals surface area (Å²) < 4.78 is 6.97. The predicted octanol–water partition coefficient (Wildman–Crippen LogP) is 1.05. The van der Waals surface area contributed by atoms with E-state index in [1.807, 2.05) is 4.68 Å². The second-order valence-electron chi connectivity index (χ2n) is 5.06. The van der Waals surface area contributed by atoms with Crippen LogP contribution in [0, 0.1) is 0 Å². The molecule has 0 amide bonds. The second kappa shape index (κ2) is 6.99. The van der Waals surface area contributed by atoms with Gasteiger partial charge in [-0.15, -0.1) is 5.10 Å². The van der Waals surface area contributed by atoms with Crippen molar-refractivity contribution < 1.29 is 4.52 Å². The van der Waals surface area contributed by atoms with Gasteiger partial charge in [0, 0.05) is 19.0 Å². The Labute approximate surface area is 127 Å². The minimum absolute atomic E-state index is 0.615. The van der Waals surface area contributed by atoms with Gasteiger partial charge in [0.25, 0.3) is 0 Å². The Kier molecular flexibility index (Phi) is 4.81. The molecule has 2 heterocycles. The summed E-state index contributed by atoms with van der Waals surface area (Å²) in [6.45, 7) is 3.76. The highest BCUT2D eigenvalue weighted by Crippen LogP contribution is 2.19. The van der Waals surface area contributed by atoms with Crippen molar-refractivity contribution in [2.24, 2.45) is 0 Å². The molecule has 1 aliphatic carbocycles. The molecule has 2 aromatic rings. The Morgan fingerprint density at radius 3 is 3.14 bits per heavy atom. The molecule has 0 aliphatic heterocycles. The molecule has 0 atom stereocenters. The van der Waals surface area contributed by atoms with Crippen LogP contribution in [0.4, 0.5) is 0 Å². The number of tetrazole rings is 1. The van der Waals surface area contributed by atoms with Gasteiger partial charge in [0.05, 0.1) is 12.3 Å². The van der Waals surface area contributed by atoms with Gasteiger partial charge >= 0.3 is 0 Å². The van der Waals surface area contributed by atoms with E-state index in [4.69, 9.17) is 4.52 Å². The van der Waals surface area contributed by atoms with Gasteiger partial charge in [0.2, 0.25) is 11.0 Å². The van der Waals surface area contributed by atoms with Gasteiger partial charge < -0.3 is 9.84 Å². The molecule has 0 spiro atoms. The molecule has 1 saturated carbocycles. The lowest BCUT2D eigenvalue weighted by Crippen LogP contribution is -2.22. The molecule has 0 aromatic carbocycles. The van der Waals surface area contributed by atoms with Crippen molar-refractivity contribution in [3.05, 3.63) is 11.7 Å². The maximum absolute atomic E-state index is 5.16. The van der Waals surface area contributed by atoms with Gasteiger partial charge in [-0.05, 0) is 29.7 Å². The second-order valence-corrected chi connectivity index (χ2v) is 6.00. The predicted molar refractivity (Wildman–Crippen MR) is 76.7 cm³/mol. The molecule has 1 N–H and O–H groups in total. The number of hydrogen-bond acceptors (Lipinski definition) is 8. The highest BCUT2D eigenvalue weighted by molar-refractivity contribution is 7.98. The summed E-state index contributed by atoms with van der Waals surface area (Å²) in [5.74, 6) is 2.00. The third kappa shape index (κ3) is 4.24. The molecular formula is C12H19N7OS. The Morgan fingerprint density at radius 1 is 1.43 bits per heavy atom. The Morgan fingerprint density at radius 2 is 2.33 bits per heavy atom.